The molecule has 1 amide bonds. The summed E-state index contributed by atoms with van der Waals surface area (Å²) in [5.41, 5.74) is 0.133. The molecule has 0 saturated carbocycles. The molecule has 2 aromatic carbocycles. The summed E-state index contributed by atoms with van der Waals surface area (Å²) in [4.78, 5) is 24.4. The lowest BCUT2D eigenvalue weighted by molar-refractivity contribution is -0.123. The second kappa shape index (κ2) is 9.13. The largest absolute Gasteiger partial charge is 0.449 e. The van der Waals surface area contributed by atoms with Crippen molar-refractivity contribution in [2.24, 2.45) is 0 Å². The molecule has 10 heteroatoms. The van der Waals surface area contributed by atoms with E-state index >= 15 is 0 Å². The van der Waals surface area contributed by atoms with Crippen LogP contribution in [0.15, 0.2) is 47.4 Å². The van der Waals surface area contributed by atoms with Gasteiger partial charge in [0.25, 0.3) is 5.91 Å². The van der Waals surface area contributed by atoms with Crippen LogP contribution in [0.3, 0.4) is 0 Å². The fourth-order valence-electron chi connectivity index (χ4n) is 2.17. The molecule has 28 heavy (non-hydrogen) atoms. The van der Waals surface area contributed by atoms with E-state index in [0.717, 1.165) is 18.2 Å². The van der Waals surface area contributed by atoms with Crippen molar-refractivity contribution in [3.05, 3.63) is 58.9 Å². The molecule has 0 radical (unpaired) electrons. The smallest absolute Gasteiger partial charge is 0.338 e. The molecule has 0 aliphatic heterocycles. The minimum Gasteiger partial charge on any atom is -0.449 e. The summed E-state index contributed by atoms with van der Waals surface area (Å²) >= 11 is 5.84. The number of carbonyl (C=O) groups is 2. The fraction of sp³-hybridized carbons (Fsp3) is 0.222. The number of rotatable bonds is 7. The number of halogens is 2. The van der Waals surface area contributed by atoms with Crippen molar-refractivity contribution in [3.63, 3.8) is 0 Å². The lowest BCUT2D eigenvalue weighted by Crippen LogP contribution is -2.30. The van der Waals surface area contributed by atoms with E-state index in [-0.39, 0.29) is 27.7 Å². The fourth-order valence-corrected chi connectivity index (χ4v) is 3.47. The Morgan fingerprint density at radius 2 is 1.93 bits per heavy atom. The van der Waals surface area contributed by atoms with Gasteiger partial charge in [-0.2, -0.15) is 0 Å². The molecule has 0 aromatic heterocycles. The zero-order valence-electron chi connectivity index (χ0n) is 15.0. The van der Waals surface area contributed by atoms with Crippen LogP contribution in [0.2, 0.25) is 5.02 Å². The van der Waals surface area contributed by atoms with E-state index in [4.69, 9.17) is 16.3 Å². The molecule has 0 aliphatic rings. The number of esters is 1. The number of anilines is 1. The van der Waals surface area contributed by atoms with Crippen LogP contribution in [-0.4, -0.2) is 32.9 Å². The van der Waals surface area contributed by atoms with Gasteiger partial charge < -0.3 is 10.1 Å². The topological polar surface area (TPSA) is 102 Å². The number of ether oxygens (including phenoxy) is 1. The van der Waals surface area contributed by atoms with E-state index in [1.54, 1.807) is 6.92 Å². The van der Waals surface area contributed by atoms with E-state index in [2.05, 4.69) is 10.0 Å². The van der Waals surface area contributed by atoms with E-state index in [1.165, 1.54) is 31.2 Å². The Labute approximate surface area is 166 Å². The third-order valence-electron chi connectivity index (χ3n) is 3.56. The van der Waals surface area contributed by atoms with Crippen LogP contribution >= 0.6 is 11.6 Å². The van der Waals surface area contributed by atoms with Crippen LogP contribution in [0.5, 0.6) is 0 Å². The molecule has 0 saturated heterocycles. The van der Waals surface area contributed by atoms with E-state index in [1.807, 2.05) is 0 Å². The SMILES string of the molecule is CCNS(=O)(=O)c1cccc(C(=O)OC(C)C(=O)Nc2ccc(F)cc2Cl)c1. The third kappa shape index (κ3) is 5.51. The standard InChI is InChI=1S/C18H18ClFN2O5S/c1-3-21-28(25,26)14-6-4-5-12(9-14)18(24)27-11(2)17(23)22-16-8-7-13(20)10-15(16)19/h4-11,21H,3H2,1-2H3,(H,22,23). The van der Waals surface area contributed by atoms with Crippen molar-refractivity contribution in [1.29, 1.82) is 0 Å². The Balaban J connectivity index is 2.08. The highest BCUT2D eigenvalue weighted by atomic mass is 35.5. The van der Waals surface area contributed by atoms with Crippen LogP contribution < -0.4 is 10.0 Å². The molecule has 0 fully saturated rings. The minimum absolute atomic E-state index is 0.00629. The quantitative estimate of drug-likeness (QED) is 0.660. The number of nitrogens with one attached hydrogen (secondary N) is 2. The lowest BCUT2D eigenvalue weighted by Gasteiger charge is -2.14. The first-order valence-electron chi connectivity index (χ1n) is 8.20. The number of carbonyl (C=O) groups excluding carboxylic acids is 2. The van der Waals surface area contributed by atoms with Crippen molar-refractivity contribution < 1.29 is 27.1 Å². The molecule has 2 rings (SSSR count). The number of amides is 1. The van der Waals surface area contributed by atoms with E-state index in [0.29, 0.717) is 0 Å². The molecular weight excluding hydrogens is 411 g/mol. The summed E-state index contributed by atoms with van der Waals surface area (Å²) in [7, 11) is -3.74. The van der Waals surface area contributed by atoms with Gasteiger partial charge in [-0.3, -0.25) is 4.79 Å². The molecule has 0 bridgehead atoms. The maximum absolute atomic E-state index is 13.1. The summed E-state index contributed by atoms with van der Waals surface area (Å²) in [5.74, 6) is -2.12. The Hall–Kier alpha value is -2.49. The minimum atomic E-state index is -3.74. The van der Waals surface area contributed by atoms with Gasteiger partial charge in [-0.25, -0.2) is 22.3 Å². The highest BCUT2D eigenvalue weighted by molar-refractivity contribution is 7.89. The lowest BCUT2D eigenvalue weighted by atomic mass is 10.2. The molecule has 1 unspecified atom stereocenters. The maximum Gasteiger partial charge on any atom is 0.338 e. The van der Waals surface area contributed by atoms with Crippen molar-refractivity contribution in [3.8, 4) is 0 Å². The maximum atomic E-state index is 13.1. The number of sulfonamides is 1. The van der Waals surface area contributed by atoms with Gasteiger partial charge in [0.15, 0.2) is 6.10 Å². The van der Waals surface area contributed by atoms with Crippen LogP contribution in [0.1, 0.15) is 24.2 Å². The summed E-state index contributed by atoms with van der Waals surface area (Å²) in [6.07, 6.45) is -1.21. The highest BCUT2D eigenvalue weighted by Gasteiger charge is 2.21. The van der Waals surface area contributed by atoms with Gasteiger partial charge in [0.1, 0.15) is 5.82 Å². The first kappa shape index (κ1) is 21.8. The summed E-state index contributed by atoms with van der Waals surface area (Å²) in [5, 5.41) is 2.42. The van der Waals surface area contributed by atoms with Gasteiger partial charge in [-0.1, -0.05) is 24.6 Å². The van der Waals surface area contributed by atoms with Crippen molar-refractivity contribution in [2.75, 3.05) is 11.9 Å². The molecule has 2 aromatic rings. The Morgan fingerprint density at radius 3 is 2.57 bits per heavy atom. The molecule has 0 heterocycles. The average Bonchev–Trinajstić information content (AvgIpc) is 2.64. The first-order valence-corrected chi connectivity index (χ1v) is 10.1. The molecule has 2 N–H and O–H groups in total. The molecule has 150 valence electrons. The van der Waals surface area contributed by atoms with Gasteiger partial charge in [0.05, 0.1) is 21.2 Å². The van der Waals surface area contributed by atoms with Crippen LogP contribution in [0, 0.1) is 5.82 Å². The van der Waals surface area contributed by atoms with Gasteiger partial charge >= 0.3 is 5.97 Å². The third-order valence-corrected chi connectivity index (χ3v) is 5.41. The van der Waals surface area contributed by atoms with Gasteiger partial charge in [0, 0.05) is 6.54 Å². The molecule has 0 aliphatic carbocycles. The van der Waals surface area contributed by atoms with Crippen LogP contribution in [0.4, 0.5) is 10.1 Å². The summed E-state index contributed by atoms with van der Waals surface area (Å²) in [6.45, 7) is 3.16. The predicted octanol–water partition coefficient (Wildman–Crippen LogP) is 2.96. The zero-order chi connectivity index (χ0) is 20.9. The average molecular weight is 429 g/mol. The summed E-state index contributed by atoms with van der Waals surface area (Å²) in [6, 6.07) is 8.68. The molecular formula is C18H18ClFN2O5S. The Bertz CT molecular complexity index is 997. The highest BCUT2D eigenvalue weighted by Crippen LogP contribution is 2.22. The zero-order valence-corrected chi connectivity index (χ0v) is 16.6. The molecule has 1 atom stereocenters. The summed E-state index contributed by atoms with van der Waals surface area (Å²) < 4.78 is 44.5. The van der Waals surface area contributed by atoms with Crippen molar-refractivity contribution in [2.45, 2.75) is 24.8 Å². The van der Waals surface area contributed by atoms with Crippen LogP contribution in [0.25, 0.3) is 0 Å². The predicted molar refractivity (Wildman–Crippen MR) is 102 cm³/mol. The molecule has 7 nitrogen and oxygen atoms in total. The first-order chi connectivity index (χ1) is 13.1. The van der Waals surface area contributed by atoms with Gasteiger partial charge in [0.2, 0.25) is 10.0 Å². The van der Waals surface area contributed by atoms with E-state index in [9.17, 15) is 22.4 Å². The molecule has 0 spiro atoms. The monoisotopic (exact) mass is 428 g/mol. The normalized spacial score (nSPS) is 12.3. The second-order valence-corrected chi connectivity index (χ2v) is 7.86. The Morgan fingerprint density at radius 1 is 1.21 bits per heavy atom. The van der Waals surface area contributed by atoms with Crippen molar-refractivity contribution >= 4 is 39.2 Å². The second-order valence-electron chi connectivity index (χ2n) is 5.69. The Kier molecular flexibility index (Phi) is 7.11. The van der Waals surface area contributed by atoms with Gasteiger partial charge in [-0.15, -0.1) is 0 Å². The number of benzene rings is 2. The number of hydrogen-bond donors (Lipinski definition) is 2. The van der Waals surface area contributed by atoms with Gasteiger partial charge in [-0.05, 0) is 43.3 Å². The number of hydrogen-bond acceptors (Lipinski definition) is 5. The van der Waals surface area contributed by atoms with Crippen molar-refractivity contribution in [1.82, 2.24) is 4.72 Å². The van der Waals surface area contributed by atoms with E-state index < -0.39 is 33.8 Å². The van der Waals surface area contributed by atoms with Crippen LogP contribution in [-0.2, 0) is 19.6 Å².